The van der Waals surface area contributed by atoms with E-state index in [4.69, 9.17) is 0 Å². The van der Waals surface area contributed by atoms with Gasteiger partial charge in [0.25, 0.3) is 5.91 Å². The van der Waals surface area contributed by atoms with E-state index in [9.17, 15) is 9.90 Å². The Bertz CT molecular complexity index is 618. The van der Waals surface area contributed by atoms with Gasteiger partial charge in [-0.25, -0.2) is 0 Å². The Hall–Kier alpha value is -1.94. The standard InChI is InChI=1S/C15H16N2O2/c18-14(15(19)7-1-2-8-15)17-12-5-6-13-11(10-12)4-3-9-16-13/h3-6,9-10,19H,1-2,7-8H2,(H,17,18). The molecule has 3 rings (SSSR count). The van der Waals surface area contributed by atoms with Gasteiger partial charge in [-0.05, 0) is 49.9 Å². The average molecular weight is 256 g/mol. The molecule has 0 aliphatic heterocycles. The Morgan fingerprint density at radius 1 is 1.26 bits per heavy atom. The molecule has 1 aromatic heterocycles. The van der Waals surface area contributed by atoms with Gasteiger partial charge in [-0.3, -0.25) is 9.78 Å². The first-order chi connectivity index (χ1) is 9.17. The Balaban J connectivity index is 1.83. The van der Waals surface area contributed by atoms with Crippen LogP contribution in [0.1, 0.15) is 25.7 Å². The van der Waals surface area contributed by atoms with Gasteiger partial charge >= 0.3 is 0 Å². The van der Waals surface area contributed by atoms with E-state index in [0.29, 0.717) is 18.5 Å². The monoisotopic (exact) mass is 256 g/mol. The third-order valence-electron chi connectivity index (χ3n) is 3.71. The van der Waals surface area contributed by atoms with Crippen molar-refractivity contribution >= 4 is 22.5 Å². The van der Waals surface area contributed by atoms with Crippen LogP contribution in [-0.2, 0) is 4.79 Å². The molecule has 4 heteroatoms. The summed E-state index contributed by atoms with van der Waals surface area (Å²) in [4.78, 5) is 16.3. The summed E-state index contributed by atoms with van der Waals surface area (Å²) < 4.78 is 0. The van der Waals surface area contributed by atoms with Crippen LogP contribution < -0.4 is 5.32 Å². The van der Waals surface area contributed by atoms with Crippen LogP contribution in [0.3, 0.4) is 0 Å². The van der Waals surface area contributed by atoms with Crippen molar-refractivity contribution in [2.45, 2.75) is 31.3 Å². The maximum Gasteiger partial charge on any atom is 0.256 e. The lowest BCUT2D eigenvalue weighted by molar-refractivity contribution is -0.133. The number of benzene rings is 1. The van der Waals surface area contributed by atoms with Crippen molar-refractivity contribution in [1.29, 1.82) is 0 Å². The lowest BCUT2D eigenvalue weighted by Gasteiger charge is -2.21. The second kappa shape index (κ2) is 4.63. The van der Waals surface area contributed by atoms with E-state index < -0.39 is 5.60 Å². The first-order valence-electron chi connectivity index (χ1n) is 6.56. The molecule has 1 fully saturated rings. The molecule has 1 aliphatic rings. The van der Waals surface area contributed by atoms with Crippen LogP contribution in [0.15, 0.2) is 36.5 Å². The summed E-state index contributed by atoms with van der Waals surface area (Å²) in [6.07, 6.45) is 4.65. The Kier molecular flexibility index (Phi) is 2.95. The minimum Gasteiger partial charge on any atom is -0.380 e. The topological polar surface area (TPSA) is 62.2 Å². The zero-order valence-electron chi connectivity index (χ0n) is 10.6. The van der Waals surface area contributed by atoms with Gasteiger partial charge in [0, 0.05) is 17.3 Å². The van der Waals surface area contributed by atoms with Crippen molar-refractivity contribution in [3.63, 3.8) is 0 Å². The van der Waals surface area contributed by atoms with Crippen LogP contribution in [0.5, 0.6) is 0 Å². The van der Waals surface area contributed by atoms with Crippen molar-refractivity contribution in [2.24, 2.45) is 0 Å². The first kappa shape index (κ1) is 12.1. The normalized spacial score (nSPS) is 17.5. The van der Waals surface area contributed by atoms with Gasteiger partial charge in [-0.1, -0.05) is 6.07 Å². The number of carbonyl (C=O) groups excluding carboxylic acids is 1. The number of rotatable bonds is 2. The highest BCUT2D eigenvalue weighted by Crippen LogP contribution is 2.30. The van der Waals surface area contributed by atoms with Crippen molar-refractivity contribution in [2.75, 3.05) is 5.32 Å². The second-order valence-corrected chi connectivity index (χ2v) is 5.10. The van der Waals surface area contributed by atoms with Gasteiger partial charge in [-0.15, -0.1) is 0 Å². The van der Waals surface area contributed by atoms with Gasteiger partial charge in [0.15, 0.2) is 0 Å². The molecule has 1 saturated carbocycles. The van der Waals surface area contributed by atoms with E-state index in [1.165, 1.54) is 0 Å². The highest BCUT2D eigenvalue weighted by molar-refractivity contribution is 5.98. The molecule has 1 heterocycles. The molecule has 98 valence electrons. The van der Waals surface area contributed by atoms with E-state index in [0.717, 1.165) is 23.7 Å². The van der Waals surface area contributed by atoms with Crippen molar-refractivity contribution in [1.82, 2.24) is 4.98 Å². The van der Waals surface area contributed by atoms with Gasteiger partial charge in [0.1, 0.15) is 5.60 Å². The third-order valence-corrected chi connectivity index (χ3v) is 3.71. The molecule has 19 heavy (non-hydrogen) atoms. The molecule has 4 nitrogen and oxygen atoms in total. The second-order valence-electron chi connectivity index (χ2n) is 5.10. The smallest absolute Gasteiger partial charge is 0.256 e. The number of pyridine rings is 1. The maximum absolute atomic E-state index is 12.1. The molecule has 0 radical (unpaired) electrons. The van der Waals surface area contributed by atoms with Crippen molar-refractivity contribution < 1.29 is 9.90 Å². The summed E-state index contributed by atoms with van der Waals surface area (Å²) >= 11 is 0. The molecule has 0 spiro atoms. The first-order valence-corrected chi connectivity index (χ1v) is 6.56. The summed E-state index contributed by atoms with van der Waals surface area (Å²) in [6.45, 7) is 0. The molecule has 0 saturated heterocycles. The van der Waals surface area contributed by atoms with Crippen LogP contribution in [-0.4, -0.2) is 21.6 Å². The van der Waals surface area contributed by atoms with Crippen LogP contribution >= 0.6 is 0 Å². The molecule has 0 unspecified atom stereocenters. The van der Waals surface area contributed by atoms with Gasteiger partial charge in [0.2, 0.25) is 0 Å². The summed E-state index contributed by atoms with van der Waals surface area (Å²) in [5.41, 5.74) is 0.398. The maximum atomic E-state index is 12.1. The molecular formula is C15H16N2O2. The molecule has 1 aromatic carbocycles. The Morgan fingerprint density at radius 2 is 2.05 bits per heavy atom. The molecule has 0 atom stereocenters. The minimum absolute atomic E-state index is 0.298. The van der Waals surface area contributed by atoms with Crippen LogP contribution in [0.25, 0.3) is 10.9 Å². The van der Waals surface area contributed by atoms with E-state index in [-0.39, 0.29) is 5.91 Å². The molecule has 2 aromatic rings. The fraction of sp³-hybridized carbons (Fsp3) is 0.333. The quantitative estimate of drug-likeness (QED) is 0.867. The highest BCUT2D eigenvalue weighted by Gasteiger charge is 2.38. The molecular weight excluding hydrogens is 240 g/mol. The summed E-state index contributed by atoms with van der Waals surface area (Å²) in [5, 5.41) is 14.0. The zero-order valence-corrected chi connectivity index (χ0v) is 10.6. The lowest BCUT2D eigenvalue weighted by Crippen LogP contribution is -2.40. The fourth-order valence-electron chi connectivity index (χ4n) is 2.59. The number of amides is 1. The molecule has 1 aliphatic carbocycles. The van der Waals surface area contributed by atoms with E-state index in [1.807, 2.05) is 30.3 Å². The number of nitrogens with one attached hydrogen (secondary N) is 1. The SMILES string of the molecule is O=C(Nc1ccc2ncccc2c1)C1(O)CCCC1. The van der Waals surface area contributed by atoms with E-state index in [2.05, 4.69) is 10.3 Å². The summed E-state index contributed by atoms with van der Waals surface area (Å²) in [6, 6.07) is 9.36. The van der Waals surface area contributed by atoms with Crippen molar-refractivity contribution in [3.05, 3.63) is 36.5 Å². The molecule has 0 bridgehead atoms. The fourth-order valence-corrected chi connectivity index (χ4v) is 2.59. The van der Waals surface area contributed by atoms with Crippen molar-refractivity contribution in [3.8, 4) is 0 Å². The average Bonchev–Trinajstić information content (AvgIpc) is 2.87. The predicted octanol–water partition coefficient (Wildman–Crippen LogP) is 2.48. The van der Waals surface area contributed by atoms with Crippen LogP contribution in [0.2, 0.25) is 0 Å². The summed E-state index contributed by atoms with van der Waals surface area (Å²) in [5.74, 6) is -0.298. The number of carbonyl (C=O) groups is 1. The number of aromatic nitrogens is 1. The Morgan fingerprint density at radius 3 is 2.84 bits per heavy atom. The van der Waals surface area contributed by atoms with Gasteiger partial charge in [0.05, 0.1) is 5.52 Å². The summed E-state index contributed by atoms with van der Waals surface area (Å²) in [7, 11) is 0. The molecule has 2 N–H and O–H groups in total. The minimum atomic E-state index is -1.19. The number of anilines is 1. The zero-order chi connectivity index (χ0) is 13.3. The number of hydrogen-bond acceptors (Lipinski definition) is 3. The third kappa shape index (κ3) is 2.31. The van der Waals surface area contributed by atoms with E-state index >= 15 is 0 Å². The van der Waals surface area contributed by atoms with Gasteiger partial charge in [-0.2, -0.15) is 0 Å². The highest BCUT2D eigenvalue weighted by atomic mass is 16.3. The Labute approximate surface area is 111 Å². The van der Waals surface area contributed by atoms with Crippen LogP contribution in [0, 0.1) is 0 Å². The van der Waals surface area contributed by atoms with E-state index in [1.54, 1.807) is 6.20 Å². The van der Waals surface area contributed by atoms with Gasteiger partial charge < -0.3 is 10.4 Å². The number of aliphatic hydroxyl groups is 1. The largest absolute Gasteiger partial charge is 0.380 e. The predicted molar refractivity (Wildman–Crippen MR) is 73.8 cm³/mol. The number of nitrogens with zero attached hydrogens (tertiary/aromatic N) is 1. The lowest BCUT2D eigenvalue weighted by atomic mass is 10.0. The number of hydrogen-bond donors (Lipinski definition) is 2. The van der Waals surface area contributed by atoms with Crippen LogP contribution in [0.4, 0.5) is 5.69 Å². The number of fused-ring (bicyclic) bond motifs is 1. The molecule has 1 amide bonds.